The van der Waals surface area contributed by atoms with Crippen LogP contribution in [0, 0.1) is 0 Å². The van der Waals surface area contributed by atoms with E-state index in [1.54, 1.807) is 0 Å². The summed E-state index contributed by atoms with van der Waals surface area (Å²) in [5.41, 5.74) is 3.36. The molecule has 0 radical (unpaired) electrons. The number of rotatable bonds is 3. The average molecular weight is 327 g/mol. The number of hydrogen-bond donors (Lipinski definition) is 0. The van der Waals surface area contributed by atoms with Crippen LogP contribution in [0.15, 0.2) is 40.2 Å². The Morgan fingerprint density at radius 2 is 1.95 bits per heavy atom. The van der Waals surface area contributed by atoms with Crippen molar-refractivity contribution in [2.24, 2.45) is 4.99 Å². The van der Waals surface area contributed by atoms with E-state index in [0.717, 1.165) is 33.7 Å². The molecule has 0 atom stereocenters. The summed E-state index contributed by atoms with van der Waals surface area (Å²) in [6.07, 6.45) is 0. The van der Waals surface area contributed by atoms with Crippen LogP contribution in [0.5, 0.6) is 0 Å². The standard InChI is InChI=1S/C15H15NO3S.K/c1-9-15(2,3)14-12-6-5-11(20-19-18-17)8-10(12)4-7-13(14)16-9;/h4-8,17H,1-3H3;/q;+1/p-1. The monoisotopic (exact) mass is 327 g/mol. The largest absolute Gasteiger partial charge is 1.00 e. The minimum absolute atomic E-state index is 0. The maximum atomic E-state index is 9.88. The van der Waals surface area contributed by atoms with Crippen molar-refractivity contribution in [3.8, 4) is 0 Å². The van der Waals surface area contributed by atoms with Gasteiger partial charge in [0.25, 0.3) is 0 Å². The Bertz CT molecular complexity index is 715. The van der Waals surface area contributed by atoms with Crippen LogP contribution in [0.4, 0.5) is 5.69 Å². The van der Waals surface area contributed by atoms with Crippen molar-refractivity contribution in [1.82, 2.24) is 0 Å². The maximum absolute atomic E-state index is 9.88. The van der Waals surface area contributed by atoms with Crippen LogP contribution in [-0.4, -0.2) is 5.71 Å². The molecule has 1 aliphatic heterocycles. The molecule has 0 fully saturated rings. The second-order valence-electron chi connectivity index (χ2n) is 5.38. The van der Waals surface area contributed by atoms with E-state index in [0.29, 0.717) is 0 Å². The van der Waals surface area contributed by atoms with Gasteiger partial charge in [0.15, 0.2) is 0 Å². The Kier molecular flexibility index (Phi) is 5.68. The van der Waals surface area contributed by atoms with Crippen LogP contribution in [0.2, 0.25) is 0 Å². The molecule has 0 aliphatic carbocycles. The number of hydrogen-bond acceptors (Lipinski definition) is 5. The van der Waals surface area contributed by atoms with Crippen molar-refractivity contribution in [1.29, 1.82) is 0 Å². The van der Waals surface area contributed by atoms with Crippen molar-refractivity contribution in [3.05, 3.63) is 35.9 Å². The molecule has 6 heteroatoms. The van der Waals surface area contributed by atoms with Gasteiger partial charge in [-0.1, -0.05) is 26.0 Å². The van der Waals surface area contributed by atoms with Gasteiger partial charge in [-0.25, -0.2) is 0 Å². The zero-order chi connectivity index (χ0) is 14.3. The summed E-state index contributed by atoms with van der Waals surface area (Å²) >= 11 is 0.906. The SMILES string of the molecule is CC1=Nc2ccc3cc(SOO[O-])ccc3c2C1(C)C.[K+]. The normalized spacial score (nSPS) is 15.5. The fraction of sp³-hybridized carbons (Fsp3) is 0.267. The Hall–Kier alpha value is 0.236. The van der Waals surface area contributed by atoms with E-state index in [4.69, 9.17) is 0 Å². The molecule has 0 unspecified atom stereocenters. The van der Waals surface area contributed by atoms with E-state index >= 15 is 0 Å². The Morgan fingerprint density at radius 1 is 1.19 bits per heavy atom. The molecule has 104 valence electrons. The summed E-state index contributed by atoms with van der Waals surface area (Å²) in [5.74, 6) is 0. The molecule has 0 amide bonds. The van der Waals surface area contributed by atoms with E-state index in [2.05, 4.69) is 35.1 Å². The Morgan fingerprint density at radius 3 is 2.67 bits per heavy atom. The second kappa shape index (κ2) is 6.78. The van der Waals surface area contributed by atoms with E-state index in [-0.39, 0.29) is 56.8 Å². The van der Waals surface area contributed by atoms with Gasteiger partial charge in [0, 0.05) is 16.0 Å². The van der Waals surface area contributed by atoms with Crippen LogP contribution in [-0.2, 0) is 14.8 Å². The molecule has 0 saturated heterocycles. The minimum Gasteiger partial charge on any atom is -0.691 e. The number of aliphatic imine (C=N–C) groups is 1. The molecule has 21 heavy (non-hydrogen) atoms. The number of benzene rings is 2. The van der Waals surface area contributed by atoms with Crippen LogP contribution in [0.25, 0.3) is 10.8 Å². The van der Waals surface area contributed by atoms with E-state index in [1.165, 1.54) is 10.9 Å². The first-order valence-electron chi connectivity index (χ1n) is 6.30. The molecule has 1 heterocycles. The number of fused-ring (bicyclic) bond motifs is 3. The summed E-state index contributed by atoms with van der Waals surface area (Å²) in [5, 5.41) is 15.5. The topological polar surface area (TPSA) is 53.9 Å². The third kappa shape index (κ3) is 3.15. The molecule has 4 nitrogen and oxygen atoms in total. The zero-order valence-corrected chi connectivity index (χ0v) is 16.4. The van der Waals surface area contributed by atoms with Crippen molar-refractivity contribution in [2.75, 3.05) is 0 Å². The van der Waals surface area contributed by atoms with E-state index < -0.39 is 0 Å². The molecule has 1 aliphatic rings. The minimum atomic E-state index is -0.0574. The molecule has 0 bridgehead atoms. The van der Waals surface area contributed by atoms with Gasteiger partial charge in [-0.3, -0.25) is 10.0 Å². The quantitative estimate of drug-likeness (QED) is 0.356. The Balaban J connectivity index is 0.00000161. The zero-order valence-electron chi connectivity index (χ0n) is 12.5. The molecular formula is C15H14KNO3S. The van der Waals surface area contributed by atoms with Gasteiger partial charge in [0.1, 0.15) is 0 Å². The molecule has 2 aromatic carbocycles. The predicted octanol–water partition coefficient (Wildman–Crippen LogP) is 0.458. The molecule has 0 aromatic heterocycles. The predicted molar refractivity (Wildman–Crippen MR) is 77.8 cm³/mol. The van der Waals surface area contributed by atoms with Crippen molar-refractivity contribution in [2.45, 2.75) is 31.1 Å². The first-order valence-corrected chi connectivity index (χ1v) is 7.04. The fourth-order valence-corrected chi connectivity index (χ4v) is 3.06. The van der Waals surface area contributed by atoms with Crippen molar-refractivity contribution in [3.63, 3.8) is 0 Å². The maximum Gasteiger partial charge on any atom is 1.00 e. The smallest absolute Gasteiger partial charge is 0.691 e. The van der Waals surface area contributed by atoms with E-state index in [9.17, 15) is 5.26 Å². The first kappa shape index (κ1) is 17.6. The van der Waals surface area contributed by atoms with Crippen molar-refractivity contribution >= 4 is 34.2 Å². The summed E-state index contributed by atoms with van der Waals surface area (Å²) in [7, 11) is 0. The third-order valence-corrected chi connectivity index (χ3v) is 4.51. The molecule has 0 spiro atoms. The summed E-state index contributed by atoms with van der Waals surface area (Å²) in [6, 6.07) is 10.0. The summed E-state index contributed by atoms with van der Waals surface area (Å²) in [4.78, 5) is 5.47. The van der Waals surface area contributed by atoms with Gasteiger partial charge in [-0.2, -0.15) is 4.33 Å². The molecule has 2 aromatic rings. The average Bonchev–Trinajstić information content (AvgIpc) is 2.67. The van der Waals surface area contributed by atoms with Crippen LogP contribution in [0.3, 0.4) is 0 Å². The molecular weight excluding hydrogens is 313 g/mol. The fourth-order valence-electron chi connectivity index (χ4n) is 2.65. The van der Waals surface area contributed by atoms with Gasteiger partial charge < -0.3 is 5.26 Å². The second-order valence-corrected chi connectivity index (χ2v) is 6.16. The Labute approximate surface area is 170 Å². The third-order valence-electron chi connectivity index (χ3n) is 3.94. The number of nitrogens with zero attached hydrogens (tertiary/aromatic N) is 1. The summed E-state index contributed by atoms with van der Waals surface area (Å²) < 4.78 is 4.36. The molecule has 0 saturated carbocycles. The first-order chi connectivity index (χ1) is 9.54. The van der Waals surface area contributed by atoms with Gasteiger partial charge in [-0.05, 0) is 41.5 Å². The van der Waals surface area contributed by atoms with Gasteiger partial charge in [0.2, 0.25) is 0 Å². The van der Waals surface area contributed by atoms with Crippen LogP contribution >= 0.6 is 12.0 Å². The van der Waals surface area contributed by atoms with E-state index in [1.807, 2.05) is 30.3 Å². The van der Waals surface area contributed by atoms with Gasteiger partial charge in [0.05, 0.1) is 17.7 Å². The molecule has 3 rings (SSSR count). The van der Waals surface area contributed by atoms with Crippen molar-refractivity contribution < 1.29 is 66.0 Å². The van der Waals surface area contributed by atoms with Crippen LogP contribution < -0.4 is 56.6 Å². The van der Waals surface area contributed by atoms with Gasteiger partial charge in [-0.15, -0.1) is 0 Å². The van der Waals surface area contributed by atoms with Crippen LogP contribution in [0.1, 0.15) is 26.3 Å². The summed E-state index contributed by atoms with van der Waals surface area (Å²) in [6.45, 7) is 6.44. The van der Waals surface area contributed by atoms with Gasteiger partial charge >= 0.3 is 51.4 Å². The molecule has 0 N–H and O–H groups in total.